The van der Waals surface area contributed by atoms with E-state index < -0.39 is 29.5 Å². The van der Waals surface area contributed by atoms with Crippen molar-refractivity contribution in [2.75, 3.05) is 18.6 Å². The number of benzene rings is 3. The summed E-state index contributed by atoms with van der Waals surface area (Å²) in [6.45, 7) is 1.96. The number of aliphatic hydroxyl groups is 1. The van der Waals surface area contributed by atoms with Gasteiger partial charge in [-0.15, -0.1) is 0 Å². The molecule has 1 heterocycles. The molecule has 0 saturated heterocycles. The van der Waals surface area contributed by atoms with Gasteiger partial charge in [0.1, 0.15) is 5.75 Å². The number of ketones is 1. The molecule has 34 heavy (non-hydrogen) atoms. The number of nitrogens with zero attached hydrogens (tertiary/aromatic N) is 1. The van der Waals surface area contributed by atoms with E-state index in [9.17, 15) is 19.5 Å². The Morgan fingerprint density at radius 3 is 2.12 bits per heavy atom. The van der Waals surface area contributed by atoms with Crippen molar-refractivity contribution in [2.24, 2.45) is 0 Å². The largest absolute Gasteiger partial charge is 0.503 e. The van der Waals surface area contributed by atoms with E-state index in [1.54, 1.807) is 79.7 Å². The minimum atomic E-state index is -0.850. The third kappa shape index (κ3) is 4.15. The van der Waals surface area contributed by atoms with Crippen LogP contribution < -0.4 is 9.64 Å². The number of aliphatic hydroxyl groups excluding tert-OH is 1. The number of hydrogen-bond acceptors (Lipinski definition) is 6. The van der Waals surface area contributed by atoms with Crippen molar-refractivity contribution in [3.8, 4) is 5.75 Å². The first-order valence-electron chi connectivity index (χ1n) is 10.7. The number of ether oxygens (including phenoxy) is 2. The maximum absolute atomic E-state index is 13.5. The summed E-state index contributed by atoms with van der Waals surface area (Å²) in [5.41, 5.74) is 1.72. The Bertz CT molecular complexity index is 1250. The molecule has 0 saturated carbocycles. The summed E-state index contributed by atoms with van der Waals surface area (Å²) in [7, 11) is 1.53. The number of carbonyl (C=O) groups excluding carboxylic acids is 3. The van der Waals surface area contributed by atoms with Crippen LogP contribution in [0.5, 0.6) is 5.75 Å². The van der Waals surface area contributed by atoms with Crippen LogP contribution in [0.3, 0.4) is 0 Å². The molecular formula is C27H23NO6. The van der Waals surface area contributed by atoms with E-state index in [2.05, 4.69) is 0 Å². The lowest BCUT2D eigenvalue weighted by Gasteiger charge is -2.27. The molecule has 172 valence electrons. The molecule has 1 atom stereocenters. The average molecular weight is 457 g/mol. The summed E-state index contributed by atoms with van der Waals surface area (Å²) in [6, 6.07) is 20.9. The van der Waals surface area contributed by atoms with Gasteiger partial charge in [0.2, 0.25) is 0 Å². The molecule has 0 spiro atoms. The van der Waals surface area contributed by atoms with Crippen molar-refractivity contribution in [2.45, 2.75) is 13.0 Å². The van der Waals surface area contributed by atoms with Crippen molar-refractivity contribution in [3.63, 3.8) is 0 Å². The van der Waals surface area contributed by atoms with E-state index in [4.69, 9.17) is 9.47 Å². The quantitative estimate of drug-likeness (QED) is 0.410. The molecule has 0 aromatic heterocycles. The number of hydrogen-bond donors (Lipinski definition) is 1. The van der Waals surface area contributed by atoms with E-state index in [0.29, 0.717) is 28.1 Å². The molecular weight excluding hydrogens is 434 g/mol. The van der Waals surface area contributed by atoms with Gasteiger partial charge in [0.05, 0.1) is 30.9 Å². The summed E-state index contributed by atoms with van der Waals surface area (Å²) in [6.07, 6.45) is 0. The Balaban J connectivity index is 1.77. The first-order valence-corrected chi connectivity index (χ1v) is 10.7. The van der Waals surface area contributed by atoms with Crippen LogP contribution in [0.15, 0.2) is 90.2 Å². The molecule has 3 aromatic rings. The lowest BCUT2D eigenvalue weighted by Crippen LogP contribution is -2.31. The van der Waals surface area contributed by atoms with Gasteiger partial charge in [-0.2, -0.15) is 0 Å². The van der Waals surface area contributed by atoms with Crippen LogP contribution in [0.2, 0.25) is 0 Å². The van der Waals surface area contributed by atoms with Crippen molar-refractivity contribution in [1.29, 1.82) is 0 Å². The molecule has 3 aromatic carbocycles. The van der Waals surface area contributed by atoms with Gasteiger partial charge in [0, 0.05) is 11.3 Å². The number of rotatable bonds is 7. The second-order valence-corrected chi connectivity index (χ2v) is 7.58. The van der Waals surface area contributed by atoms with Gasteiger partial charge in [0.15, 0.2) is 11.5 Å². The van der Waals surface area contributed by atoms with Crippen molar-refractivity contribution in [1.82, 2.24) is 0 Å². The zero-order valence-electron chi connectivity index (χ0n) is 18.7. The monoisotopic (exact) mass is 457 g/mol. The molecule has 0 fully saturated rings. The standard InChI is InChI=1S/C27H23NO6/c1-3-34-27(32)19-9-13-20(14-10-19)28-23(17-7-5-4-6-8-17)22(25(30)26(28)31)24(29)18-11-15-21(33-2)16-12-18/h4-16,23,30H,3H2,1-2H3. The van der Waals surface area contributed by atoms with E-state index in [1.165, 1.54) is 12.0 Å². The van der Waals surface area contributed by atoms with Crippen molar-refractivity contribution in [3.05, 3.63) is 107 Å². The van der Waals surface area contributed by atoms with Gasteiger partial charge in [-0.3, -0.25) is 14.5 Å². The van der Waals surface area contributed by atoms with Gasteiger partial charge in [-0.05, 0) is 61.0 Å². The van der Waals surface area contributed by atoms with Crippen LogP contribution in [-0.2, 0) is 9.53 Å². The summed E-state index contributed by atoms with van der Waals surface area (Å²) in [5, 5.41) is 10.8. The molecule has 0 radical (unpaired) electrons. The number of methoxy groups -OCH3 is 1. The van der Waals surface area contributed by atoms with Crippen molar-refractivity contribution < 1.29 is 29.0 Å². The third-order valence-electron chi connectivity index (χ3n) is 5.58. The topological polar surface area (TPSA) is 93.1 Å². The summed E-state index contributed by atoms with van der Waals surface area (Å²) >= 11 is 0. The van der Waals surface area contributed by atoms with Crippen LogP contribution in [0, 0.1) is 0 Å². The van der Waals surface area contributed by atoms with E-state index >= 15 is 0 Å². The maximum atomic E-state index is 13.5. The Morgan fingerprint density at radius 2 is 1.53 bits per heavy atom. The number of Topliss-reactive ketones (excluding diaryl/α,β-unsaturated/α-hetero) is 1. The Kier molecular flexibility index (Phi) is 6.45. The van der Waals surface area contributed by atoms with Crippen molar-refractivity contribution >= 4 is 23.3 Å². The van der Waals surface area contributed by atoms with Gasteiger partial charge < -0.3 is 14.6 Å². The highest BCUT2D eigenvalue weighted by atomic mass is 16.5. The average Bonchev–Trinajstić information content (AvgIpc) is 3.14. The number of amides is 1. The Hall–Kier alpha value is -4.39. The number of anilines is 1. The van der Waals surface area contributed by atoms with Crippen LogP contribution in [0.1, 0.15) is 39.2 Å². The second kappa shape index (κ2) is 9.62. The van der Waals surface area contributed by atoms with E-state index in [1.807, 2.05) is 6.07 Å². The van der Waals surface area contributed by atoms with Crippen LogP contribution in [0.4, 0.5) is 5.69 Å². The number of esters is 1. The number of carbonyl (C=O) groups is 3. The molecule has 1 N–H and O–H groups in total. The third-order valence-corrected chi connectivity index (χ3v) is 5.58. The van der Waals surface area contributed by atoms with Gasteiger partial charge in [-0.1, -0.05) is 30.3 Å². The molecule has 1 amide bonds. The molecule has 7 heteroatoms. The second-order valence-electron chi connectivity index (χ2n) is 7.58. The lowest BCUT2D eigenvalue weighted by molar-refractivity contribution is -0.117. The minimum Gasteiger partial charge on any atom is -0.503 e. The van der Waals surface area contributed by atoms with Crippen LogP contribution in [-0.4, -0.2) is 36.5 Å². The van der Waals surface area contributed by atoms with Gasteiger partial charge in [-0.25, -0.2) is 4.79 Å². The fourth-order valence-corrected chi connectivity index (χ4v) is 3.92. The maximum Gasteiger partial charge on any atom is 0.338 e. The highest BCUT2D eigenvalue weighted by molar-refractivity contribution is 6.21. The highest BCUT2D eigenvalue weighted by Gasteiger charge is 2.44. The van der Waals surface area contributed by atoms with Crippen LogP contribution in [0.25, 0.3) is 0 Å². The summed E-state index contributed by atoms with van der Waals surface area (Å²) in [5.74, 6) is -1.66. The fraction of sp³-hybridized carbons (Fsp3) is 0.148. The predicted octanol–water partition coefficient (Wildman–Crippen LogP) is 4.65. The van der Waals surface area contributed by atoms with E-state index in [0.717, 1.165) is 0 Å². The Labute approximate surface area is 196 Å². The molecule has 0 bridgehead atoms. The highest BCUT2D eigenvalue weighted by Crippen LogP contribution is 2.42. The SMILES string of the molecule is CCOC(=O)c1ccc(N2C(=O)C(O)=C(C(=O)c3ccc(OC)cc3)C2c2ccccc2)cc1. The normalized spacial score (nSPS) is 15.4. The first kappa shape index (κ1) is 22.8. The van der Waals surface area contributed by atoms with E-state index in [-0.39, 0.29) is 12.2 Å². The van der Waals surface area contributed by atoms with Crippen LogP contribution >= 0.6 is 0 Å². The fourth-order valence-electron chi connectivity index (χ4n) is 3.92. The van der Waals surface area contributed by atoms with Gasteiger partial charge >= 0.3 is 5.97 Å². The summed E-state index contributed by atoms with van der Waals surface area (Å²) < 4.78 is 10.2. The first-order chi connectivity index (χ1) is 16.5. The molecule has 1 unspecified atom stereocenters. The Morgan fingerprint density at radius 1 is 0.912 bits per heavy atom. The lowest BCUT2D eigenvalue weighted by atomic mass is 9.92. The van der Waals surface area contributed by atoms with Gasteiger partial charge in [0.25, 0.3) is 5.91 Å². The molecule has 0 aliphatic carbocycles. The summed E-state index contributed by atoms with van der Waals surface area (Å²) in [4.78, 5) is 40.1. The minimum absolute atomic E-state index is 0.0177. The zero-order chi connectivity index (χ0) is 24.2. The predicted molar refractivity (Wildman–Crippen MR) is 126 cm³/mol. The molecule has 1 aliphatic heterocycles. The molecule has 1 aliphatic rings. The smallest absolute Gasteiger partial charge is 0.338 e. The molecule has 7 nitrogen and oxygen atoms in total. The molecule has 4 rings (SSSR count). The zero-order valence-corrected chi connectivity index (χ0v) is 18.7.